The summed E-state index contributed by atoms with van der Waals surface area (Å²) < 4.78 is 43.3. The van der Waals surface area contributed by atoms with Crippen molar-refractivity contribution in [2.45, 2.75) is 12.9 Å². The van der Waals surface area contributed by atoms with E-state index in [-0.39, 0.29) is 22.3 Å². The molecule has 164 valence electrons. The van der Waals surface area contributed by atoms with E-state index < -0.39 is 12.3 Å². The molecule has 0 atom stereocenters. The molecule has 2 N–H and O–H groups in total. The van der Waals surface area contributed by atoms with E-state index in [9.17, 15) is 23.1 Å². The number of hydrogen-bond donors (Lipinski definition) is 2. The van der Waals surface area contributed by atoms with Crippen LogP contribution in [0.4, 0.5) is 24.7 Å². The van der Waals surface area contributed by atoms with Gasteiger partial charge in [-0.25, -0.2) is 9.78 Å². The standard InChI is InChI=1S/C22H15ClF3N3O3/c23-19-7-5-17(21(30)31)20(28-19)27-15-4-6-18-14(11-15)8-9-29(18)12-13-2-1-3-16(10-13)32-22(24,25)26/h1-11H,12H2,(H,27,28)(H,30,31). The molecular weight excluding hydrogens is 447 g/mol. The third kappa shape index (κ3) is 4.94. The Morgan fingerprint density at radius 2 is 1.94 bits per heavy atom. The van der Waals surface area contributed by atoms with Gasteiger partial charge in [0.15, 0.2) is 0 Å². The number of nitrogens with one attached hydrogen (secondary N) is 1. The minimum atomic E-state index is -4.75. The zero-order valence-electron chi connectivity index (χ0n) is 16.2. The number of pyridine rings is 1. The highest BCUT2D eigenvalue weighted by atomic mass is 35.5. The highest BCUT2D eigenvalue weighted by Crippen LogP contribution is 2.27. The Kier molecular flexibility index (Phi) is 5.67. The number of anilines is 2. The van der Waals surface area contributed by atoms with Gasteiger partial charge in [0.05, 0.1) is 0 Å². The summed E-state index contributed by atoms with van der Waals surface area (Å²) in [5, 5.41) is 13.3. The van der Waals surface area contributed by atoms with Crippen LogP contribution in [0.1, 0.15) is 15.9 Å². The van der Waals surface area contributed by atoms with Crippen LogP contribution in [0.2, 0.25) is 5.15 Å². The lowest BCUT2D eigenvalue weighted by molar-refractivity contribution is -0.274. The number of ether oxygens (including phenoxy) is 1. The average molecular weight is 462 g/mol. The third-order valence-corrected chi connectivity index (χ3v) is 4.82. The molecule has 0 radical (unpaired) electrons. The van der Waals surface area contributed by atoms with E-state index >= 15 is 0 Å². The fraction of sp³-hybridized carbons (Fsp3) is 0.0909. The minimum absolute atomic E-state index is 0.0203. The number of rotatable bonds is 6. The van der Waals surface area contributed by atoms with Crippen molar-refractivity contribution in [3.8, 4) is 5.75 Å². The fourth-order valence-corrected chi connectivity index (χ4v) is 3.44. The van der Waals surface area contributed by atoms with Crippen LogP contribution in [0.3, 0.4) is 0 Å². The first-order valence-electron chi connectivity index (χ1n) is 9.28. The molecule has 4 rings (SSSR count). The van der Waals surface area contributed by atoms with Crippen LogP contribution in [-0.4, -0.2) is 27.0 Å². The van der Waals surface area contributed by atoms with Crippen molar-refractivity contribution in [2.24, 2.45) is 0 Å². The first kappa shape index (κ1) is 21.5. The molecule has 6 nitrogen and oxygen atoms in total. The molecule has 0 bridgehead atoms. The fourth-order valence-electron chi connectivity index (χ4n) is 3.29. The van der Waals surface area contributed by atoms with Gasteiger partial charge in [-0.15, -0.1) is 13.2 Å². The van der Waals surface area contributed by atoms with E-state index in [4.69, 9.17) is 11.6 Å². The second-order valence-electron chi connectivity index (χ2n) is 6.87. The van der Waals surface area contributed by atoms with Crippen molar-refractivity contribution < 1.29 is 27.8 Å². The van der Waals surface area contributed by atoms with Gasteiger partial charge in [0.2, 0.25) is 0 Å². The van der Waals surface area contributed by atoms with Crippen molar-refractivity contribution in [1.82, 2.24) is 9.55 Å². The van der Waals surface area contributed by atoms with Gasteiger partial charge in [-0.3, -0.25) is 0 Å². The molecule has 0 amide bonds. The second kappa shape index (κ2) is 8.43. The summed E-state index contributed by atoms with van der Waals surface area (Å²) in [4.78, 5) is 15.5. The summed E-state index contributed by atoms with van der Waals surface area (Å²) in [5.74, 6) is -1.30. The Bertz CT molecular complexity index is 1300. The molecule has 0 spiro atoms. The molecule has 0 saturated heterocycles. The molecule has 2 aromatic heterocycles. The smallest absolute Gasteiger partial charge is 0.478 e. The molecule has 0 aliphatic rings. The second-order valence-corrected chi connectivity index (χ2v) is 7.26. The van der Waals surface area contributed by atoms with E-state index in [2.05, 4.69) is 15.0 Å². The van der Waals surface area contributed by atoms with Crippen molar-refractivity contribution in [1.29, 1.82) is 0 Å². The van der Waals surface area contributed by atoms with Crippen LogP contribution < -0.4 is 10.1 Å². The SMILES string of the molecule is O=C(O)c1ccc(Cl)nc1Nc1ccc2c(ccn2Cc2cccc(OC(F)(F)F)c2)c1. The van der Waals surface area contributed by atoms with Crippen molar-refractivity contribution in [3.05, 3.63) is 83.1 Å². The van der Waals surface area contributed by atoms with Crippen LogP contribution in [0.25, 0.3) is 10.9 Å². The molecule has 2 heterocycles. The normalized spacial score (nSPS) is 11.5. The number of carboxylic acid groups (broad SMARTS) is 1. The molecule has 4 aromatic rings. The predicted octanol–water partition coefficient (Wildman–Crippen LogP) is 6.08. The van der Waals surface area contributed by atoms with Crippen LogP contribution >= 0.6 is 11.6 Å². The molecule has 0 aliphatic carbocycles. The number of hydrogen-bond acceptors (Lipinski definition) is 4. The van der Waals surface area contributed by atoms with Crippen LogP contribution in [0.5, 0.6) is 5.75 Å². The summed E-state index contributed by atoms with van der Waals surface area (Å²) in [6, 6.07) is 15.8. The maximum Gasteiger partial charge on any atom is 0.573 e. The third-order valence-electron chi connectivity index (χ3n) is 4.61. The molecule has 32 heavy (non-hydrogen) atoms. The number of aromatic nitrogens is 2. The number of nitrogens with zero attached hydrogens (tertiary/aromatic N) is 2. The van der Waals surface area contributed by atoms with Crippen molar-refractivity contribution in [2.75, 3.05) is 5.32 Å². The summed E-state index contributed by atoms with van der Waals surface area (Å²) in [6.45, 7) is 0.338. The Morgan fingerprint density at radius 3 is 2.69 bits per heavy atom. The molecule has 0 unspecified atom stereocenters. The van der Waals surface area contributed by atoms with E-state index in [0.717, 1.165) is 10.9 Å². The molecular formula is C22H15ClF3N3O3. The zero-order valence-corrected chi connectivity index (χ0v) is 17.0. The summed E-state index contributed by atoms with van der Waals surface area (Å²) >= 11 is 5.89. The van der Waals surface area contributed by atoms with Crippen LogP contribution in [0, 0.1) is 0 Å². The van der Waals surface area contributed by atoms with Gasteiger partial charge in [-0.05, 0) is 54.1 Å². The lowest BCUT2D eigenvalue weighted by atomic mass is 10.2. The zero-order chi connectivity index (χ0) is 22.9. The Hall–Kier alpha value is -3.72. The maximum atomic E-state index is 12.5. The average Bonchev–Trinajstić information content (AvgIpc) is 3.09. The van der Waals surface area contributed by atoms with Gasteiger partial charge < -0.3 is 19.7 Å². The summed E-state index contributed by atoms with van der Waals surface area (Å²) in [6.07, 6.45) is -2.94. The number of alkyl halides is 3. The van der Waals surface area contributed by atoms with E-state index in [1.165, 1.54) is 30.3 Å². The molecule has 0 fully saturated rings. The Balaban J connectivity index is 1.57. The number of carboxylic acids is 1. The van der Waals surface area contributed by atoms with Gasteiger partial charge in [0.25, 0.3) is 0 Å². The number of benzene rings is 2. The van der Waals surface area contributed by atoms with E-state index in [1.807, 2.05) is 29.0 Å². The van der Waals surface area contributed by atoms with Gasteiger partial charge in [-0.2, -0.15) is 0 Å². The molecule has 2 aromatic carbocycles. The topological polar surface area (TPSA) is 76.4 Å². The lowest BCUT2D eigenvalue weighted by Crippen LogP contribution is -2.17. The quantitative estimate of drug-likeness (QED) is 0.340. The minimum Gasteiger partial charge on any atom is -0.478 e. The van der Waals surface area contributed by atoms with Crippen molar-refractivity contribution in [3.63, 3.8) is 0 Å². The first-order valence-corrected chi connectivity index (χ1v) is 9.66. The Morgan fingerprint density at radius 1 is 1.12 bits per heavy atom. The van der Waals surface area contributed by atoms with Gasteiger partial charge in [-0.1, -0.05) is 23.7 Å². The number of carbonyl (C=O) groups is 1. The highest BCUT2D eigenvalue weighted by Gasteiger charge is 2.31. The van der Waals surface area contributed by atoms with Gasteiger partial charge >= 0.3 is 12.3 Å². The molecule has 0 saturated carbocycles. The van der Waals surface area contributed by atoms with Gasteiger partial charge in [0.1, 0.15) is 22.3 Å². The maximum absolute atomic E-state index is 12.5. The summed E-state index contributed by atoms with van der Waals surface area (Å²) in [7, 11) is 0. The van der Waals surface area contributed by atoms with Crippen molar-refractivity contribution >= 4 is 40.0 Å². The van der Waals surface area contributed by atoms with E-state index in [1.54, 1.807) is 12.1 Å². The van der Waals surface area contributed by atoms with Gasteiger partial charge in [0, 0.05) is 29.3 Å². The lowest BCUT2D eigenvalue weighted by Gasteiger charge is -2.12. The number of halogens is 4. The van der Waals surface area contributed by atoms with E-state index in [0.29, 0.717) is 17.8 Å². The monoisotopic (exact) mass is 461 g/mol. The first-order chi connectivity index (χ1) is 15.2. The number of fused-ring (bicyclic) bond motifs is 1. The predicted molar refractivity (Wildman–Crippen MR) is 114 cm³/mol. The molecule has 0 aliphatic heterocycles. The van der Waals surface area contributed by atoms with Crippen LogP contribution in [-0.2, 0) is 6.54 Å². The summed E-state index contributed by atoms with van der Waals surface area (Å²) in [5.41, 5.74) is 2.07. The number of aromatic carboxylic acids is 1. The Labute approximate surface area is 184 Å². The largest absolute Gasteiger partial charge is 0.573 e. The molecule has 10 heteroatoms. The van der Waals surface area contributed by atoms with Crippen LogP contribution in [0.15, 0.2) is 66.9 Å². The highest BCUT2D eigenvalue weighted by molar-refractivity contribution is 6.29.